The Kier molecular flexibility index (Phi) is 6.30. The summed E-state index contributed by atoms with van der Waals surface area (Å²) in [7, 11) is 1.59. The van der Waals surface area contributed by atoms with Gasteiger partial charge < -0.3 is 10.6 Å². The van der Waals surface area contributed by atoms with E-state index in [1.165, 1.54) is 12.4 Å². The van der Waals surface area contributed by atoms with E-state index in [1.54, 1.807) is 48.4 Å². The van der Waals surface area contributed by atoms with Crippen molar-refractivity contribution in [2.45, 2.75) is 13.1 Å². The first-order chi connectivity index (χ1) is 13.6. The lowest BCUT2D eigenvalue weighted by atomic mass is 10.1. The molecule has 0 saturated carbocycles. The molecule has 0 fully saturated rings. The van der Waals surface area contributed by atoms with Gasteiger partial charge in [0, 0.05) is 25.2 Å². The number of nitrogens with one attached hydrogen (secondary N) is 2. The monoisotopic (exact) mass is 375 g/mol. The van der Waals surface area contributed by atoms with Crippen LogP contribution in [-0.4, -0.2) is 33.6 Å². The first-order valence-electron chi connectivity index (χ1n) is 8.82. The summed E-state index contributed by atoms with van der Waals surface area (Å²) in [6.07, 6.45) is 6.36. The third kappa shape index (κ3) is 5.38. The second-order valence-electron chi connectivity index (χ2n) is 6.17. The Labute approximate surface area is 163 Å². The van der Waals surface area contributed by atoms with Crippen LogP contribution in [0.4, 0.5) is 0 Å². The quantitative estimate of drug-likeness (QED) is 0.619. The Bertz CT molecular complexity index is 963. The van der Waals surface area contributed by atoms with Crippen LogP contribution in [0.2, 0.25) is 0 Å². The van der Waals surface area contributed by atoms with E-state index in [-0.39, 0.29) is 11.8 Å². The van der Waals surface area contributed by atoms with Crippen molar-refractivity contribution >= 4 is 17.9 Å². The average molecular weight is 375 g/mol. The van der Waals surface area contributed by atoms with E-state index in [0.717, 1.165) is 16.7 Å². The molecule has 3 aromatic rings. The van der Waals surface area contributed by atoms with E-state index < -0.39 is 0 Å². The van der Waals surface area contributed by atoms with Crippen LogP contribution >= 0.6 is 0 Å². The summed E-state index contributed by atoms with van der Waals surface area (Å²) in [5.41, 5.74) is 3.52. The number of benzene rings is 2. The van der Waals surface area contributed by atoms with Gasteiger partial charge in [0.15, 0.2) is 0 Å². The summed E-state index contributed by atoms with van der Waals surface area (Å²) in [6, 6.07) is 15.0. The molecule has 2 amide bonds. The van der Waals surface area contributed by atoms with Crippen LogP contribution < -0.4 is 10.6 Å². The van der Waals surface area contributed by atoms with E-state index in [4.69, 9.17) is 0 Å². The van der Waals surface area contributed by atoms with Crippen LogP contribution in [0.15, 0.2) is 67.3 Å². The number of rotatable bonds is 7. The number of nitrogens with zero attached hydrogens (tertiary/aromatic N) is 3. The second-order valence-corrected chi connectivity index (χ2v) is 6.17. The third-order valence-electron chi connectivity index (χ3n) is 4.10. The second kappa shape index (κ2) is 9.27. The Balaban J connectivity index is 1.52. The van der Waals surface area contributed by atoms with Gasteiger partial charge in [-0.05, 0) is 34.9 Å². The van der Waals surface area contributed by atoms with Crippen molar-refractivity contribution in [3.05, 3.63) is 89.5 Å². The summed E-state index contributed by atoms with van der Waals surface area (Å²) >= 11 is 0. The highest BCUT2D eigenvalue weighted by atomic mass is 16.2. The first-order valence-corrected chi connectivity index (χ1v) is 8.82. The molecule has 7 nitrogen and oxygen atoms in total. The molecule has 0 aliphatic rings. The molecule has 3 rings (SSSR count). The highest BCUT2D eigenvalue weighted by Gasteiger charge is 2.02. The zero-order valence-corrected chi connectivity index (χ0v) is 15.5. The molecule has 28 heavy (non-hydrogen) atoms. The van der Waals surface area contributed by atoms with Crippen molar-refractivity contribution < 1.29 is 9.59 Å². The van der Waals surface area contributed by atoms with Crippen LogP contribution in [0.3, 0.4) is 0 Å². The lowest BCUT2D eigenvalue weighted by Gasteiger charge is -2.06. The maximum absolute atomic E-state index is 12.1. The van der Waals surface area contributed by atoms with Gasteiger partial charge in [-0.3, -0.25) is 9.59 Å². The zero-order chi connectivity index (χ0) is 19.8. The number of amides is 2. The van der Waals surface area contributed by atoms with Crippen LogP contribution in [0.5, 0.6) is 0 Å². The van der Waals surface area contributed by atoms with Gasteiger partial charge in [0.05, 0.1) is 6.54 Å². The van der Waals surface area contributed by atoms with Gasteiger partial charge >= 0.3 is 0 Å². The Hall–Kier alpha value is -3.74. The zero-order valence-electron chi connectivity index (χ0n) is 15.5. The summed E-state index contributed by atoms with van der Waals surface area (Å²) in [5, 5.41) is 9.53. The lowest BCUT2D eigenvalue weighted by Crippen LogP contribution is -2.20. The van der Waals surface area contributed by atoms with Crippen molar-refractivity contribution in [3.8, 4) is 0 Å². The lowest BCUT2D eigenvalue weighted by molar-refractivity contribution is -0.116. The first kappa shape index (κ1) is 19.0. The van der Waals surface area contributed by atoms with Gasteiger partial charge in [0.25, 0.3) is 5.91 Å². The molecular formula is C21H21N5O2. The number of carbonyl (C=O) groups excluding carboxylic acids is 2. The SMILES string of the molecule is CNC(=O)c1ccc(C=CC(=O)NCc2cccc(Cn3cncn3)c2)cc1. The molecule has 2 aromatic carbocycles. The molecule has 0 unspecified atom stereocenters. The van der Waals surface area contributed by atoms with Crippen LogP contribution in [0, 0.1) is 0 Å². The molecule has 0 radical (unpaired) electrons. The maximum atomic E-state index is 12.1. The molecule has 0 aliphatic heterocycles. The van der Waals surface area contributed by atoms with Crippen molar-refractivity contribution in [3.63, 3.8) is 0 Å². The average Bonchev–Trinajstić information content (AvgIpc) is 3.24. The smallest absolute Gasteiger partial charge is 0.251 e. The molecule has 142 valence electrons. The normalized spacial score (nSPS) is 10.8. The Morgan fingerprint density at radius 1 is 1.11 bits per heavy atom. The van der Waals surface area contributed by atoms with Crippen molar-refractivity contribution in [2.75, 3.05) is 7.05 Å². The van der Waals surface area contributed by atoms with Gasteiger partial charge in [-0.25, -0.2) is 9.67 Å². The van der Waals surface area contributed by atoms with Gasteiger partial charge in [0.1, 0.15) is 12.7 Å². The summed E-state index contributed by atoms with van der Waals surface area (Å²) in [6.45, 7) is 1.07. The Morgan fingerprint density at radius 3 is 2.61 bits per heavy atom. The maximum Gasteiger partial charge on any atom is 0.251 e. The number of hydrogen-bond donors (Lipinski definition) is 2. The van der Waals surface area contributed by atoms with Gasteiger partial charge in [-0.1, -0.05) is 36.4 Å². The highest BCUT2D eigenvalue weighted by Crippen LogP contribution is 2.08. The van der Waals surface area contributed by atoms with E-state index in [2.05, 4.69) is 20.7 Å². The van der Waals surface area contributed by atoms with Crippen LogP contribution in [0.1, 0.15) is 27.0 Å². The Morgan fingerprint density at radius 2 is 1.89 bits per heavy atom. The number of carbonyl (C=O) groups is 2. The van der Waals surface area contributed by atoms with E-state index in [1.807, 2.05) is 24.3 Å². The predicted octanol–water partition coefficient (Wildman–Crippen LogP) is 2.02. The molecule has 0 saturated heterocycles. The van der Waals surface area contributed by atoms with Crippen LogP contribution in [-0.2, 0) is 17.9 Å². The molecule has 2 N–H and O–H groups in total. The molecule has 0 atom stereocenters. The molecule has 0 aliphatic carbocycles. The number of hydrogen-bond acceptors (Lipinski definition) is 4. The third-order valence-corrected chi connectivity index (χ3v) is 4.10. The minimum Gasteiger partial charge on any atom is -0.355 e. The topological polar surface area (TPSA) is 88.9 Å². The van der Waals surface area contributed by atoms with Crippen LogP contribution in [0.25, 0.3) is 6.08 Å². The number of aromatic nitrogens is 3. The minimum atomic E-state index is -0.183. The highest BCUT2D eigenvalue weighted by molar-refractivity contribution is 5.94. The predicted molar refractivity (Wildman–Crippen MR) is 106 cm³/mol. The van der Waals surface area contributed by atoms with E-state index in [0.29, 0.717) is 18.7 Å². The fourth-order valence-electron chi connectivity index (χ4n) is 2.65. The molecule has 1 aromatic heterocycles. The van der Waals surface area contributed by atoms with Crippen molar-refractivity contribution in [1.29, 1.82) is 0 Å². The largest absolute Gasteiger partial charge is 0.355 e. The van der Waals surface area contributed by atoms with Gasteiger partial charge in [0.2, 0.25) is 5.91 Å². The minimum absolute atomic E-state index is 0.140. The summed E-state index contributed by atoms with van der Waals surface area (Å²) in [5.74, 6) is -0.323. The fraction of sp³-hybridized carbons (Fsp3) is 0.143. The molecule has 0 spiro atoms. The molecule has 7 heteroatoms. The van der Waals surface area contributed by atoms with Crippen molar-refractivity contribution in [1.82, 2.24) is 25.4 Å². The molecular weight excluding hydrogens is 354 g/mol. The molecule has 1 heterocycles. The van der Waals surface area contributed by atoms with Gasteiger partial charge in [-0.15, -0.1) is 0 Å². The van der Waals surface area contributed by atoms with E-state index >= 15 is 0 Å². The van der Waals surface area contributed by atoms with E-state index in [9.17, 15) is 9.59 Å². The fourth-order valence-corrected chi connectivity index (χ4v) is 2.65. The van der Waals surface area contributed by atoms with Crippen molar-refractivity contribution in [2.24, 2.45) is 0 Å². The van der Waals surface area contributed by atoms with Gasteiger partial charge in [-0.2, -0.15) is 5.10 Å². The molecule has 0 bridgehead atoms. The summed E-state index contributed by atoms with van der Waals surface area (Å²) in [4.78, 5) is 27.5. The standard InChI is InChI=1S/C21H21N5O2/c1-22-21(28)19-8-5-16(6-9-19)7-10-20(27)24-12-17-3-2-4-18(11-17)13-26-15-23-14-25-26/h2-11,14-15H,12-13H2,1H3,(H,22,28)(H,24,27). The summed E-state index contributed by atoms with van der Waals surface area (Å²) < 4.78 is 1.75.